The second-order valence-corrected chi connectivity index (χ2v) is 5.55. The number of rotatable bonds is 3. The van der Waals surface area contributed by atoms with Crippen molar-refractivity contribution in [2.75, 3.05) is 0 Å². The second-order valence-electron chi connectivity index (χ2n) is 5.14. The average molecular weight is 312 g/mol. The lowest BCUT2D eigenvalue weighted by molar-refractivity contribution is -0.138. The molecule has 0 saturated heterocycles. The summed E-state index contributed by atoms with van der Waals surface area (Å²) < 4.78 is 0. The van der Waals surface area contributed by atoms with Crippen LogP contribution in [0.1, 0.15) is 18.4 Å². The Morgan fingerprint density at radius 1 is 1.09 bits per heavy atom. The molecule has 3 rings (SSSR count). The highest BCUT2D eigenvalue weighted by molar-refractivity contribution is 6.33. The lowest BCUT2D eigenvalue weighted by Crippen LogP contribution is -2.08. The molecule has 0 aliphatic rings. The van der Waals surface area contributed by atoms with Crippen LogP contribution < -0.4 is 0 Å². The highest BCUT2D eigenvalue weighted by Gasteiger charge is 2.18. The van der Waals surface area contributed by atoms with E-state index in [9.17, 15) is 9.90 Å². The molecule has 0 spiro atoms. The zero-order valence-corrected chi connectivity index (χ0v) is 12.7. The fourth-order valence-corrected chi connectivity index (χ4v) is 2.84. The predicted molar refractivity (Wildman–Crippen MR) is 88.2 cm³/mol. The minimum atomic E-state index is -0.844. The number of halogens is 1. The molecule has 3 aromatic rings. The number of carboxylic acids is 1. The number of nitrogens with zero attached hydrogens (tertiary/aromatic N) is 1. The van der Waals surface area contributed by atoms with Crippen molar-refractivity contribution >= 4 is 28.3 Å². The van der Waals surface area contributed by atoms with Crippen molar-refractivity contribution in [2.45, 2.75) is 12.8 Å². The zero-order valence-electron chi connectivity index (χ0n) is 12.0. The Labute approximate surface area is 133 Å². The molecule has 0 bridgehead atoms. The highest BCUT2D eigenvalue weighted by Crippen LogP contribution is 2.34. The summed E-state index contributed by atoms with van der Waals surface area (Å²) in [6.07, 6.45) is 1.69. The van der Waals surface area contributed by atoms with Crippen LogP contribution in [0, 0.1) is 0 Å². The van der Waals surface area contributed by atoms with E-state index >= 15 is 0 Å². The van der Waals surface area contributed by atoms with Crippen LogP contribution in [-0.2, 0) is 4.79 Å². The lowest BCUT2D eigenvalue weighted by atomic mass is 9.93. The molecular weight excluding hydrogens is 298 g/mol. The van der Waals surface area contributed by atoms with Crippen molar-refractivity contribution in [3.05, 3.63) is 65.3 Å². The number of benzene rings is 2. The van der Waals surface area contributed by atoms with Gasteiger partial charge in [0.15, 0.2) is 0 Å². The first-order chi connectivity index (χ1) is 10.6. The van der Waals surface area contributed by atoms with E-state index in [1.54, 1.807) is 13.1 Å². The summed E-state index contributed by atoms with van der Waals surface area (Å²) in [5, 5.41) is 11.7. The molecule has 3 nitrogen and oxygen atoms in total. The molecule has 4 heteroatoms. The third kappa shape index (κ3) is 2.44. The standard InChI is InChI=1S/C18H14ClNO2/c1-11(18(21)22)12-6-4-7-14-13(12)9-10-20-17(14)15-5-2-3-8-16(15)19/h2-11H,1H3,(H,21,22). The molecule has 1 heterocycles. The molecule has 0 radical (unpaired) electrons. The van der Waals surface area contributed by atoms with Crippen LogP contribution in [0.15, 0.2) is 54.7 Å². The van der Waals surface area contributed by atoms with Gasteiger partial charge in [-0.2, -0.15) is 0 Å². The van der Waals surface area contributed by atoms with Crippen LogP contribution in [0.3, 0.4) is 0 Å². The fourth-order valence-electron chi connectivity index (χ4n) is 2.61. The van der Waals surface area contributed by atoms with Crippen LogP contribution >= 0.6 is 11.6 Å². The van der Waals surface area contributed by atoms with Crippen molar-refractivity contribution in [1.29, 1.82) is 0 Å². The molecule has 1 atom stereocenters. The predicted octanol–water partition coefficient (Wildman–Crippen LogP) is 4.74. The summed E-state index contributed by atoms with van der Waals surface area (Å²) in [5.74, 6) is -1.42. The van der Waals surface area contributed by atoms with Gasteiger partial charge in [-0.1, -0.05) is 48.0 Å². The Kier molecular flexibility index (Phi) is 3.82. The van der Waals surface area contributed by atoms with Crippen LogP contribution in [0.5, 0.6) is 0 Å². The molecular formula is C18H14ClNO2. The van der Waals surface area contributed by atoms with Gasteiger partial charge < -0.3 is 5.11 Å². The Hall–Kier alpha value is -2.39. The van der Waals surface area contributed by atoms with Gasteiger partial charge in [0.25, 0.3) is 0 Å². The molecule has 2 aromatic carbocycles. The van der Waals surface area contributed by atoms with Gasteiger partial charge in [-0.3, -0.25) is 9.78 Å². The fraction of sp³-hybridized carbons (Fsp3) is 0.111. The molecule has 0 aliphatic carbocycles. The van der Waals surface area contributed by atoms with E-state index in [1.807, 2.05) is 48.5 Å². The number of pyridine rings is 1. The van der Waals surface area contributed by atoms with Gasteiger partial charge in [-0.15, -0.1) is 0 Å². The van der Waals surface area contributed by atoms with Crippen molar-refractivity contribution in [3.8, 4) is 11.3 Å². The van der Waals surface area contributed by atoms with Crippen molar-refractivity contribution in [1.82, 2.24) is 4.98 Å². The number of carbonyl (C=O) groups is 1. The van der Waals surface area contributed by atoms with Crippen LogP contribution in [0.2, 0.25) is 5.02 Å². The van der Waals surface area contributed by atoms with Crippen LogP contribution in [0.4, 0.5) is 0 Å². The van der Waals surface area contributed by atoms with Crippen molar-refractivity contribution in [3.63, 3.8) is 0 Å². The summed E-state index contributed by atoms with van der Waals surface area (Å²) in [5.41, 5.74) is 2.39. The van der Waals surface area contributed by atoms with Gasteiger partial charge in [0, 0.05) is 22.2 Å². The molecule has 1 unspecified atom stereocenters. The topological polar surface area (TPSA) is 50.2 Å². The number of carboxylic acid groups (broad SMARTS) is 1. The van der Waals surface area contributed by atoms with E-state index in [0.29, 0.717) is 5.02 Å². The first-order valence-corrected chi connectivity index (χ1v) is 7.32. The Morgan fingerprint density at radius 2 is 1.86 bits per heavy atom. The summed E-state index contributed by atoms with van der Waals surface area (Å²) in [4.78, 5) is 15.8. The molecule has 0 amide bonds. The summed E-state index contributed by atoms with van der Waals surface area (Å²) in [7, 11) is 0. The first kappa shape index (κ1) is 14.5. The maximum absolute atomic E-state index is 11.3. The van der Waals surface area contributed by atoms with Crippen LogP contribution in [0.25, 0.3) is 22.0 Å². The van der Waals surface area contributed by atoms with E-state index in [4.69, 9.17) is 11.6 Å². The van der Waals surface area contributed by atoms with E-state index in [0.717, 1.165) is 27.6 Å². The SMILES string of the molecule is CC(C(=O)O)c1cccc2c(-c3ccccc3Cl)nccc12. The quantitative estimate of drug-likeness (QED) is 0.760. The average Bonchev–Trinajstić information content (AvgIpc) is 2.53. The Bertz CT molecular complexity index is 861. The highest BCUT2D eigenvalue weighted by atomic mass is 35.5. The van der Waals surface area contributed by atoms with Gasteiger partial charge in [-0.25, -0.2) is 0 Å². The number of hydrogen-bond donors (Lipinski definition) is 1. The number of aliphatic carboxylic acids is 1. The minimum absolute atomic E-state index is 0.579. The zero-order chi connectivity index (χ0) is 15.7. The second kappa shape index (κ2) is 5.78. The Morgan fingerprint density at radius 3 is 2.59 bits per heavy atom. The maximum Gasteiger partial charge on any atom is 0.310 e. The van der Waals surface area contributed by atoms with Gasteiger partial charge in [0.2, 0.25) is 0 Å². The normalized spacial score (nSPS) is 12.3. The third-order valence-corrected chi connectivity index (χ3v) is 4.14. The van der Waals surface area contributed by atoms with E-state index < -0.39 is 11.9 Å². The van der Waals surface area contributed by atoms with Crippen molar-refractivity contribution < 1.29 is 9.90 Å². The third-order valence-electron chi connectivity index (χ3n) is 3.81. The maximum atomic E-state index is 11.3. The van der Waals surface area contributed by atoms with Gasteiger partial charge >= 0.3 is 5.97 Å². The summed E-state index contributed by atoms with van der Waals surface area (Å²) >= 11 is 6.28. The Balaban J connectivity index is 2.29. The van der Waals surface area contributed by atoms with Crippen molar-refractivity contribution in [2.24, 2.45) is 0 Å². The largest absolute Gasteiger partial charge is 0.481 e. The number of fused-ring (bicyclic) bond motifs is 1. The monoisotopic (exact) mass is 311 g/mol. The lowest BCUT2D eigenvalue weighted by Gasteiger charge is -2.13. The molecule has 0 aliphatic heterocycles. The smallest absolute Gasteiger partial charge is 0.310 e. The van der Waals surface area contributed by atoms with E-state index in [-0.39, 0.29) is 0 Å². The first-order valence-electron chi connectivity index (χ1n) is 6.95. The number of hydrogen-bond acceptors (Lipinski definition) is 2. The molecule has 110 valence electrons. The summed E-state index contributed by atoms with van der Waals surface area (Å²) in [6.45, 7) is 1.69. The molecule has 1 N–H and O–H groups in total. The minimum Gasteiger partial charge on any atom is -0.481 e. The molecule has 0 saturated carbocycles. The van der Waals surface area contributed by atoms with Gasteiger partial charge in [0.1, 0.15) is 0 Å². The van der Waals surface area contributed by atoms with E-state index in [2.05, 4.69) is 4.98 Å². The molecule has 0 fully saturated rings. The number of aromatic nitrogens is 1. The van der Waals surface area contributed by atoms with Gasteiger partial charge in [0.05, 0.1) is 11.6 Å². The van der Waals surface area contributed by atoms with E-state index in [1.165, 1.54) is 0 Å². The molecule has 22 heavy (non-hydrogen) atoms. The van der Waals surface area contributed by atoms with Crippen LogP contribution in [-0.4, -0.2) is 16.1 Å². The molecule has 1 aromatic heterocycles. The summed E-state index contributed by atoms with van der Waals surface area (Å²) in [6, 6.07) is 15.0. The van der Waals surface area contributed by atoms with Gasteiger partial charge in [-0.05, 0) is 30.0 Å².